The summed E-state index contributed by atoms with van der Waals surface area (Å²) in [5, 5.41) is 4.07. The maximum Gasteiger partial charge on any atom is 0.348 e. The van der Waals surface area contributed by atoms with Crippen molar-refractivity contribution >= 4 is 28.6 Å². The topological polar surface area (TPSA) is 26.3 Å². The summed E-state index contributed by atoms with van der Waals surface area (Å²) in [7, 11) is 1.42. The van der Waals surface area contributed by atoms with Crippen molar-refractivity contribution in [3.05, 3.63) is 32.1 Å². The number of carbonyl (C=O) groups is 1. The number of hydrogen-bond donors (Lipinski definition) is 0. The molecule has 0 aliphatic rings. The van der Waals surface area contributed by atoms with Crippen molar-refractivity contribution in [1.29, 1.82) is 0 Å². The van der Waals surface area contributed by atoms with Gasteiger partial charge in [-0.25, -0.2) is 4.79 Å². The highest BCUT2D eigenvalue weighted by atomic mass is 32.1. The van der Waals surface area contributed by atoms with E-state index in [1.54, 1.807) is 11.3 Å². The molecule has 0 aromatic carbocycles. The van der Waals surface area contributed by atoms with Crippen LogP contribution < -0.4 is 0 Å². The third-order valence-electron chi connectivity index (χ3n) is 2.36. The van der Waals surface area contributed by atoms with Gasteiger partial charge in [-0.2, -0.15) is 0 Å². The molecular weight excluding hydrogens is 240 g/mol. The van der Waals surface area contributed by atoms with Gasteiger partial charge in [0.1, 0.15) is 4.88 Å². The Balaban J connectivity index is 2.55. The Bertz CT molecular complexity index is 523. The van der Waals surface area contributed by atoms with Crippen molar-refractivity contribution in [2.45, 2.75) is 13.8 Å². The molecule has 84 valence electrons. The van der Waals surface area contributed by atoms with E-state index in [2.05, 4.69) is 18.4 Å². The maximum absolute atomic E-state index is 11.6. The van der Waals surface area contributed by atoms with Gasteiger partial charge in [0.05, 0.1) is 7.11 Å². The van der Waals surface area contributed by atoms with Gasteiger partial charge < -0.3 is 4.74 Å². The number of ether oxygens (including phenoxy) is 1. The molecule has 2 aromatic heterocycles. The summed E-state index contributed by atoms with van der Waals surface area (Å²) in [6, 6.07) is 2.10. The fourth-order valence-electron chi connectivity index (χ4n) is 1.62. The Morgan fingerprint density at radius 2 is 2.00 bits per heavy atom. The minimum atomic E-state index is -0.253. The van der Waals surface area contributed by atoms with Crippen LogP contribution in [0, 0.1) is 13.8 Å². The van der Waals surface area contributed by atoms with Gasteiger partial charge in [-0.05, 0) is 41.8 Å². The van der Waals surface area contributed by atoms with Gasteiger partial charge >= 0.3 is 5.97 Å². The third-order valence-corrected chi connectivity index (χ3v) is 4.30. The van der Waals surface area contributed by atoms with Gasteiger partial charge in [-0.1, -0.05) is 0 Å². The molecule has 2 rings (SSSR count). The first-order valence-corrected chi connectivity index (χ1v) is 6.61. The summed E-state index contributed by atoms with van der Waals surface area (Å²) in [6.45, 7) is 4.08. The number of aryl methyl sites for hydroxylation is 2. The third kappa shape index (κ3) is 1.90. The van der Waals surface area contributed by atoms with Crippen LogP contribution in [0.5, 0.6) is 0 Å². The molecule has 0 saturated heterocycles. The smallest absolute Gasteiger partial charge is 0.348 e. The summed E-state index contributed by atoms with van der Waals surface area (Å²) in [5.41, 5.74) is 3.26. The standard InChI is InChI=1S/C12H12O2S2/c1-7-5-16-11(12(13)14-3)10(7)9-4-8(2)15-6-9/h4-6H,1-3H3. The lowest BCUT2D eigenvalue weighted by atomic mass is 10.1. The van der Waals surface area contributed by atoms with Gasteiger partial charge in [-0.3, -0.25) is 0 Å². The van der Waals surface area contributed by atoms with Crippen molar-refractivity contribution in [3.8, 4) is 11.1 Å². The molecule has 2 heterocycles. The number of rotatable bonds is 2. The molecule has 0 N–H and O–H groups in total. The van der Waals surface area contributed by atoms with Crippen LogP contribution in [0.3, 0.4) is 0 Å². The number of thiophene rings is 2. The molecule has 0 unspecified atom stereocenters. The highest BCUT2D eigenvalue weighted by molar-refractivity contribution is 7.13. The molecule has 0 spiro atoms. The molecule has 0 aliphatic heterocycles. The molecule has 0 bridgehead atoms. The highest BCUT2D eigenvalue weighted by Crippen LogP contribution is 2.35. The van der Waals surface area contributed by atoms with Gasteiger partial charge in [0, 0.05) is 10.4 Å². The molecular formula is C12H12O2S2. The molecule has 0 amide bonds. The Morgan fingerprint density at radius 3 is 2.56 bits per heavy atom. The zero-order chi connectivity index (χ0) is 11.7. The second-order valence-corrected chi connectivity index (χ2v) is 5.56. The molecule has 2 aromatic rings. The van der Waals surface area contributed by atoms with Gasteiger partial charge in [0.15, 0.2) is 0 Å². The predicted octanol–water partition coefficient (Wildman–Crippen LogP) is 3.88. The van der Waals surface area contributed by atoms with Crippen molar-refractivity contribution in [2.24, 2.45) is 0 Å². The first-order chi connectivity index (χ1) is 7.63. The largest absolute Gasteiger partial charge is 0.465 e. The average Bonchev–Trinajstić information content (AvgIpc) is 2.83. The highest BCUT2D eigenvalue weighted by Gasteiger charge is 2.18. The van der Waals surface area contributed by atoms with Crippen LogP contribution >= 0.6 is 22.7 Å². The summed E-state index contributed by atoms with van der Waals surface area (Å²) in [5.74, 6) is -0.253. The van der Waals surface area contributed by atoms with Gasteiger partial charge in [-0.15, -0.1) is 22.7 Å². The van der Waals surface area contributed by atoms with Crippen molar-refractivity contribution in [2.75, 3.05) is 7.11 Å². The van der Waals surface area contributed by atoms with Crippen LogP contribution in [0.15, 0.2) is 16.8 Å². The quantitative estimate of drug-likeness (QED) is 0.758. The molecule has 2 nitrogen and oxygen atoms in total. The molecule has 0 radical (unpaired) electrons. The van der Waals surface area contributed by atoms with Crippen LogP contribution in [-0.2, 0) is 4.74 Å². The summed E-state index contributed by atoms with van der Waals surface area (Å²) < 4.78 is 4.79. The molecule has 0 fully saturated rings. The van der Waals surface area contributed by atoms with Crippen molar-refractivity contribution < 1.29 is 9.53 Å². The Morgan fingerprint density at radius 1 is 1.25 bits per heavy atom. The first kappa shape index (κ1) is 11.4. The van der Waals surface area contributed by atoms with E-state index in [1.165, 1.54) is 23.3 Å². The Hall–Kier alpha value is -1.13. The number of hydrogen-bond acceptors (Lipinski definition) is 4. The summed E-state index contributed by atoms with van der Waals surface area (Å²) in [6.07, 6.45) is 0. The van der Waals surface area contributed by atoms with Gasteiger partial charge in [0.2, 0.25) is 0 Å². The maximum atomic E-state index is 11.6. The average molecular weight is 252 g/mol. The molecule has 0 atom stereocenters. The number of methoxy groups -OCH3 is 1. The van der Waals surface area contributed by atoms with Crippen LogP contribution in [0.4, 0.5) is 0 Å². The van der Waals surface area contributed by atoms with Crippen LogP contribution in [-0.4, -0.2) is 13.1 Å². The normalized spacial score (nSPS) is 10.4. The lowest BCUT2D eigenvalue weighted by Gasteiger charge is -2.01. The first-order valence-electron chi connectivity index (χ1n) is 4.85. The zero-order valence-electron chi connectivity index (χ0n) is 9.37. The van der Waals surface area contributed by atoms with Crippen LogP contribution in [0.1, 0.15) is 20.1 Å². The molecule has 0 saturated carbocycles. The summed E-state index contributed by atoms with van der Waals surface area (Å²) in [4.78, 5) is 13.6. The van der Waals surface area contributed by atoms with Gasteiger partial charge in [0.25, 0.3) is 0 Å². The fraction of sp³-hybridized carbons (Fsp3) is 0.250. The fourth-order valence-corrected chi connectivity index (χ4v) is 3.30. The monoisotopic (exact) mass is 252 g/mol. The summed E-state index contributed by atoms with van der Waals surface area (Å²) >= 11 is 3.13. The Labute approximate surface area is 103 Å². The number of carbonyl (C=O) groups excluding carboxylic acids is 1. The van der Waals surface area contributed by atoms with E-state index in [4.69, 9.17) is 4.74 Å². The van der Waals surface area contributed by atoms with Crippen molar-refractivity contribution in [3.63, 3.8) is 0 Å². The molecule has 4 heteroatoms. The van der Waals surface area contributed by atoms with E-state index < -0.39 is 0 Å². The van der Waals surface area contributed by atoms with E-state index in [0.717, 1.165) is 16.7 Å². The zero-order valence-corrected chi connectivity index (χ0v) is 11.0. The second-order valence-electron chi connectivity index (χ2n) is 3.56. The molecule has 16 heavy (non-hydrogen) atoms. The van der Waals surface area contributed by atoms with Crippen molar-refractivity contribution in [1.82, 2.24) is 0 Å². The van der Waals surface area contributed by atoms with Crippen LogP contribution in [0.25, 0.3) is 11.1 Å². The van der Waals surface area contributed by atoms with Crippen LogP contribution in [0.2, 0.25) is 0 Å². The lowest BCUT2D eigenvalue weighted by molar-refractivity contribution is 0.0607. The second kappa shape index (κ2) is 4.39. The lowest BCUT2D eigenvalue weighted by Crippen LogP contribution is -1.99. The van der Waals surface area contributed by atoms with E-state index in [0.29, 0.717) is 4.88 Å². The predicted molar refractivity (Wildman–Crippen MR) is 68.4 cm³/mol. The SMILES string of the molecule is COC(=O)c1scc(C)c1-c1csc(C)c1. The molecule has 0 aliphatic carbocycles. The number of esters is 1. The van der Waals surface area contributed by atoms with E-state index in [-0.39, 0.29) is 5.97 Å². The van der Waals surface area contributed by atoms with E-state index in [1.807, 2.05) is 12.3 Å². The Kier molecular flexibility index (Phi) is 3.12. The van der Waals surface area contributed by atoms with E-state index >= 15 is 0 Å². The minimum Gasteiger partial charge on any atom is -0.465 e. The minimum absolute atomic E-state index is 0.253. The van der Waals surface area contributed by atoms with E-state index in [9.17, 15) is 4.79 Å².